The van der Waals surface area contributed by atoms with Crippen molar-refractivity contribution in [2.75, 3.05) is 0 Å². The van der Waals surface area contributed by atoms with Gasteiger partial charge in [0.15, 0.2) is 5.75 Å². The largest absolute Gasteiger partial charge is 0.505 e. The lowest BCUT2D eigenvalue weighted by atomic mass is 9.98. The minimum atomic E-state index is -0.301. The highest BCUT2D eigenvalue weighted by Gasteiger charge is 2.16. The van der Waals surface area contributed by atoms with Crippen LogP contribution in [0.4, 0.5) is 0 Å². The molecule has 0 atom stereocenters. The first kappa shape index (κ1) is 12.4. The van der Waals surface area contributed by atoms with Crippen LogP contribution in [0.5, 0.6) is 5.75 Å². The topological polar surface area (TPSA) is 55.1 Å². The second kappa shape index (κ2) is 4.49. The van der Waals surface area contributed by atoms with Gasteiger partial charge in [0.25, 0.3) is 5.56 Å². The van der Waals surface area contributed by atoms with E-state index in [2.05, 4.69) is 5.10 Å². The highest BCUT2D eigenvalue weighted by atomic mass is 16.3. The first-order valence-electron chi connectivity index (χ1n) is 6.34. The van der Waals surface area contributed by atoms with Crippen LogP contribution in [0, 0.1) is 6.92 Å². The van der Waals surface area contributed by atoms with Crippen LogP contribution in [-0.4, -0.2) is 14.9 Å². The summed E-state index contributed by atoms with van der Waals surface area (Å²) in [5.41, 5.74) is 1.17. The third-order valence-corrected chi connectivity index (χ3v) is 3.45. The van der Waals surface area contributed by atoms with Gasteiger partial charge in [-0.25, -0.2) is 4.68 Å². The van der Waals surface area contributed by atoms with E-state index in [1.54, 1.807) is 14.0 Å². The van der Waals surface area contributed by atoms with E-state index in [1.165, 1.54) is 4.68 Å². The fourth-order valence-electron chi connectivity index (χ4n) is 2.45. The first-order valence-corrected chi connectivity index (χ1v) is 6.34. The second-order valence-corrected chi connectivity index (χ2v) is 4.76. The van der Waals surface area contributed by atoms with Crippen molar-refractivity contribution in [2.24, 2.45) is 7.05 Å². The van der Waals surface area contributed by atoms with Gasteiger partial charge in [-0.05, 0) is 23.3 Å². The summed E-state index contributed by atoms with van der Waals surface area (Å²) >= 11 is 0. The van der Waals surface area contributed by atoms with Crippen LogP contribution < -0.4 is 5.56 Å². The average molecular weight is 266 g/mol. The molecule has 0 saturated heterocycles. The number of fused-ring (bicyclic) bond motifs is 1. The molecule has 0 fully saturated rings. The quantitative estimate of drug-likeness (QED) is 0.736. The molecule has 1 heterocycles. The molecule has 100 valence electrons. The van der Waals surface area contributed by atoms with Gasteiger partial charge >= 0.3 is 0 Å². The predicted molar refractivity (Wildman–Crippen MR) is 78.8 cm³/mol. The molecule has 20 heavy (non-hydrogen) atoms. The maximum atomic E-state index is 12.3. The van der Waals surface area contributed by atoms with Gasteiger partial charge < -0.3 is 5.11 Å². The van der Waals surface area contributed by atoms with Crippen molar-refractivity contribution in [1.82, 2.24) is 9.78 Å². The van der Waals surface area contributed by atoms with E-state index in [1.807, 2.05) is 42.5 Å². The molecule has 4 heteroatoms. The molecule has 1 N–H and O–H groups in total. The maximum absolute atomic E-state index is 12.3. The Labute approximate surface area is 115 Å². The van der Waals surface area contributed by atoms with Crippen LogP contribution in [0.3, 0.4) is 0 Å². The van der Waals surface area contributed by atoms with Gasteiger partial charge in [-0.15, -0.1) is 0 Å². The van der Waals surface area contributed by atoms with Crippen molar-refractivity contribution in [2.45, 2.75) is 6.92 Å². The fraction of sp³-hybridized carbons (Fsp3) is 0.125. The Balaban J connectivity index is 2.46. The van der Waals surface area contributed by atoms with Gasteiger partial charge in [0, 0.05) is 7.05 Å². The van der Waals surface area contributed by atoms with E-state index in [0.29, 0.717) is 11.3 Å². The molecular weight excluding hydrogens is 252 g/mol. The SMILES string of the molecule is Cc1nn(C)c(=O)c(-c2cccc3ccccc23)c1O. The smallest absolute Gasteiger partial charge is 0.278 e. The summed E-state index contributed by atoms with van der Waals surface area (Å²) < 4.78 is 1.26. The van der Waals surface area contributed by atoms with E-state index >= 15 is 0 Å². The summed E-state index contributed by atoms with van der Waals surface area (Å²) in [4.78, 5) is 12.3. The summed E-state index contributed by atoms with van der Waals surface area (Å²) in [7, 11) is 1.59. The van der Waals surface area contributed by atoms with Gasteiger partial charge in [0.2, 0.25) is 0 Å². The predicted octanol–water partition coefficient (Wildman–Crippen LogP) is 2.61. The maximum Gasteiger partial charge on any atom is 0.278 e. The Morgan fingerprint density at radius 2 is 1.80 bits per heavy atom. The highest BCUT2D eigenvalue weighted by molar-refractivity contribution is 5.97. The summed E-state index contributed by atoms with van der Waals surface area (Å²) in [6.45, 7) is 1.68. The molecule has 4 nitrogen and oxygen atoms in total. The van der Waals surface area contributed by atoms with Crippen molar-refractivity contribution < 1.29 is 5.11 Å². The average Bonchev–Trinajstić information content (AvgIpc) is 2.46. The van der Waals surface area contributed by atoms with Gasteiger partial charge in [-0.2, -0.15) is 5.10 Å². The Bertz CT molecular complexity index is 861. The summed E-state index contributed by atoms with van der Waals surface area (Å²) in [5, 5.41) is 16.2. The molecular formula is C16H14N2O2. The number of aromatic nitrogens is 2. The molecule has 0 amide bonds. The molecule has 0 bridgehead atoms. The first-order chi connectivity index (χ1) is 9.59. The lowest BCUT2D eigenvalue weighted by molar-refractivity contribution is 0.460. The van der Waals surface area contributed by atoms with E-state index in [0.717, 1.165) is 16.3 Å². The van der Waals surface area contributed by atoms with Crippen LogP contribution in [0.1, 0.15) is 5.69 Å². The van der Waals surface area contributed by atoms with E-state index in [-0.39, 0.29) is 11.3 Å². The highest BCUT2D eigenvalue weighted by Crippen LogP contribution is 2.32. The lowest BCUT2D eigenvalue weighted by Crippen LogP contribution is -2.22. The van der Waals surface area contributed by atoms with Gasteiger partial charge in [-0.1, -0.05) is 42.5 Å². The molecule has 0 saturated carbocycles. The molecule has 1 aromatic heterocycles. The fourth-order valence-corrected chi connectivity index (χ4v) is 2.45. The number of hydrogen-bond acceptors (Lipinski definition) is 3. The van der Waals surface area contributed by atoms with Crippen LogP contribution in [0.25, 0.3) is 21.9 Å². The number of benzene rings is 2. The normalized spacial score (nSPS) is 10.9. The van der Waals surface area contributed by atoms with Crippen molar-refractivity contribution in [1.29, 1.82) is 0 Å². The number of nitrogens with zero attached hydrogens (tertiary/aromatic N) is 2. The van der Waals surface area contributed by atoms with E-state index < -0.39 is 0 Å². The molecule has 0 unspecified atom stereocenters. The van der Waals surface area contributed by atoms with E-state index in [4.69, 9.17) is 0 Å². The van der Waals surface area contributed by atoms with Crippen LogP contribution in [-0.2, 0) is 7.05 Å². The molecule has 3 rings (SSSR count). The molecule has 0 aliphatic heterocycles. The van der Waals surface area contributed by atoms with Crippen molar-refractivity contribution in [3.8, 4) is 16.9 Å². The Morgan fingerprint density at radius 3 is 2.60 bits per heavy atom. The third kappa shape index (κ3) is 1.77. The molecule has 0 aliphatic carbocycles. The number of hydrogen-bond donors (Lipinski definition) is 1. The summed E-state index contributed by atoms with van der Waals surface area (Å²) in [5.74, 6) is -0.0514. The Kier molecular flexibility index (Phi) is 2.79. The van der Waals surface area contributed by atoms with Crippen LogP contribution in [0.2, 0.25) is 0 Å². The zero-order chi connectivity index (χ0) is 14.3. The van der Waals surface area contributed by atoms with Gasteiger partial charge in [-0.3, -0.25) is 4.79 Å². The molecule has 2 aromatic carbocycles. The Hall–Kier alpha value is -2.62. The number of aryl methyl sites for hydroxylation is 2. The summed E-state index contributed by atoms with van der Waals surface area (Å²) in [6.07, 6.45) is 0. The molecule has 0 radical (unpaired) electrons. The standard InChI is InChI=1S/C16H14N2O2/c1-10-15(19)14(16(20)18(2)17-10)13-9-5-7-11-6-3-4-8-12(11)13/h3-9,19H,1-2H3. The van der Waals surface area contributed by atoms with Gasteiger partial charge in [0.1, 0.15) is 5.69 Å². The summed E-state index contributed by atoms with van der Waals surface area (Å²) in [6, 6.07) is 13.5. The monoisotopic (exact) mass is 266 g/mol. The Morgan fingerprint density at radius 1 is 1.10 bits per heavy atom. The van der Waals surface area contributed by atoms with Crippen molar-refractivity contribution >= 4 is 10.8 Å². The molecule has 3 aromatic rings. The van der Waals surface area contributed by atoms with Crippen LogP contribution >= 0.6 is 0 Å². The number of aromatic hydroxyl groups is 1. The molecule has 0 spiro atoms. The molecule has 0 aliphatic rings. The van der Waals surface area contributed by atoms with E-state index in [9.17, 15) is 9.90 Å². The van der Waals surface area contributed by atoms with Crippen LogP contribution in [0.15, 0.2) is 47.3 Å². The lowest BCUT2D eigenvalue weighted by Gasteiger charge is -2.11. The zero-order valence-electron chi connectivity index (χ0n) is 11.3. The van der Waals surface area contributed by atoms with Crippen molar-refractivity contribution in [3.05, 3.63) is 58.5 Å². The minimum absolute atomic E-state index is 0.0514. The van der Waals surface area contributed by atoms with Gasteiger partial charge in [0.05, 0.1) is 5.56 Å². The third-order valence-electron chi connectivity index (χ3n) is 3.45. The second-order valence-electron chi connectivity index (χ2n) is 4.76. The zero-order valence-corrected chi connectivity index (χ0v) is 11.3. The van der Waals surface area contributed by atoms with Crippen molar-refractivity contribution in [3.63, 3.8) is 0 Å². The minimum Gasteiger partial charge on any atom is -0.505 e. The number of rotatable bonds is 1.